The highest BCUT2D eigenvalue weighted by Crippen LogP contribution is 2.23. The predicted octanol–water partition coefficient (Wildman–Crippen LogP) is 2.31. The number of benzene rings is 1. The van der Waals surface area contributed by atoms with Crippen LogP contribution in [-0.4, -0.2) is 42.5 Å². The first-order valence-corrected chi connectivity index (χ1v) is 7.23. The molecule has 0 radical (unpaired) electrons. The molecule has 4 heteroatoms. The van der Waals surface area contributed by atoms with Crippen molar-refractivity contribution in [2.24, 2.45) is 0 Å². The van der Waals surface area contributed by atoms with Crippen LogP contribution in [0.5, 0.6) is 0 Å². The lowest BCUT2D eigenvalue weighted by atomic mass is 10.0. The Morgan fingerprint density at radius 3 is 2.95 bits per heavy atom. The van der Waals surface area contributed by atoms with E-state index in [1.165, 1.54) is 12.8 Å². The molecule has 2 saturated heterocycles. The number of carbonyl (C=O) groups is 1. The fourth-order valence-corrected chi connectivity index (χ4v) is 3.06. The van der Waals surface area contributed by atoms with Crippen LogP contribution < -0.4 is 0 Å². The van der Waals surface area contributed by atoms with Gasteiger partial charge in [-0.3, -0.25) is 9.69 Å². The minimum absolute atomic E-state index is 0.174. The number of ketones is 1. The number of morpholine rings is 1. The van der Waals surface area contributed by atoms with E-state index < -0.39 is 0 Å². The Morgan fingerprint density at radius 2 is 2.16 bits per heavy atom. The molecule has 0 aliphatic carbocycles. The maximum absolute atomic E-state index is 12.3. The number of fused-ring (bicyclic) bond motifs is 1. The summed E-state index contributed by atoms with van der Waals surface area (Å²) in [7, 11) is 0. The lowest BCUT2D eigenvalue weighted by Gasteiger charge is -2.34. The second-order valence-corrected chi connectivity index (χ2v) is 5.82. The third-order valence-corrected chi connectivity index (χ3v) is 4.29. The van der Waals surface area contributed by atoms with E-state index in [0.717, 1.165) is 18.7 Å². The minimum atomic E-state index is -0.259. The SMILES string of the molecule is O=C(Cc1ccc(Cl)cc1)C1CN2CCCC2CO1. The van der Waals surface area contributed by atoms with Crippen molar-refractivity contribution in [3.63, 3.8) is 0 Å². The van der Waals surface area contributed by atoms with Crippen molar-refractivity contribution in [3.05, 3.63) is 34.9 Å². The Labute approximate surface area is 118 Å². The van der Waals surface area contributed by atoms with Gasteiger partial charge in [-0.15, -0.1) is 0 Å². The Morgan fingerprint density at radius 1 is 1.37 bits per heavy atom. The molecule has 2 atom stereocenters. The lowest BCUT2D eigenvalue weighted by Crippen LogP contribution is -2.49. The molecule has 1 aromatic rings. The summed E-state index contributed by atoms with van der Waals surface area (Å²) in [5.41, 5.74) is 1.00. The molecule has 102 valence electrons. The van der Waals surface area contributed by atoms with Crippen LogP contribution in [0.2, 0.25) is 5.02 Å². The van der Waals surface area contributed by atoms with Gasteiger partial charge >= 0.3 is 0 Å². The minimum Gasteiger partial charge on any atom is -0.367 e. The van der Waals surface area contributed by atoms with Crippen LogP contribution in [0.1, 0.15) is 18.4 Å². The van der Waals surface area contributed by atoms with Gasteiger partial charge in [0, 0.05) is 24.0 Å². The van der Waals surface area contributed by atoms with Gasteiger partial charge in [-0.05, 0) is 37.1 Å². The fourth-order valence-electron chi connectivity index (χ4n) is 2.93. The molecule has 2 aliphatic heterocycles. The van der Waals surface area contributed by atoms with Crippen molar-refractivity contribution < 1.29 is 9.53 Å². The largest absolute Gasteiger partial charge is 0.367 e. The summed E-state index contributed by atoms with van der Waals surface area (Å²) in [6.07, 6.45) is 2.61. The Hall–Kier alpha value is -0.900. The van der Waals surface area contributed by atoms with E-state index in [1.54, 1.807) is 0 Å². The Balaban J connectivity index is 1.59. The average Bonchev–Trinajstić information content (AvgIpc) is 2.88. The molecule has 0 amide bonds. The van der Waals surface area contributed by atoms with Gasteiger partial charge in [0.15, 0.2) is 5.78 Å². The van der Waals surface area contributed by atoms with Gasteiger partial charge in [0.1, 0.15) is 6.10 Å². The standard InChI is InChI=1S/C15H18ClNO2/c16-12-5-3-11(4-6-12)8-14(18)15-9-17-7-1-2-13(17)10-19-15/h3-6,13,15H,1-2,7-10H2. The first-order chi connectivity index (χ1) is 9.22. The zero-order valence-electron chi connectivity index (χ0n) is 10.8. The zero-order chi connectivity index (χ0) is 13.2. The van der Waals surface area contributed by atoms with Gasteiger partial charge in [-0.25, -0.2) is 0 Å². The number of carbonyl (C=O) groups excluding carboxylic acids is 1. The average molecular weight is 280 g/mol. The number of rotatable bonds is 3. The first kappa shape index (κ1) is 13.1. The van der Waals surface area contributed by atoms with Gasteiger partial charge in [0.25, 0.3) is 0 Å². The predicted molar refractivity (Wildman–Crippen MR) is 74.5 cm³/mol. The molecule has 2 unspecified atom stereocenters. The molecule has 2 fully saturated rings. The molecule has 0 aromatic heterocycles. The molecule has 0 bridgehead atoms. The smallest absolute Gasteiger partial charge is 0.167 e. The highest BCUT2D eigenvalue weighted by Gasteiger charge is 2.34. The fraction of sp³-hybridized carbons (Fsp3) is 0.533. The van der Waals surface area contributed by atoms with Crippen LogP contribution in [0.3, 0.4) is 0 Å². The first-order valence-electron chi connectivity index (χ1n) is 6.85. The molecule has 19 heavy (non-hydrogen) atoms. The van der Waals surface area contributed by atoms with Gasteiger partial charge in [-0.1, -0.05) is 23.7 Å². The number of halogens is 1. The summed E-state index contributed by atoms with van der Waals surface area (Å²) in [6.45, 7) is 2.58. The maximum Gasteiger partial charge on any atom is 0.167 e. The Kier molecular flexibility index (Phi) is 3.87. The molecule has 3 rings (SSSR count). The van der Waals surface area contributed by atoms with E-state index in [-0.39, 0.29) is 11.9 Å². The van der Waals surface area contributed by atoms with Crippen LogP contribution in [-0.2, 0) is 16.0 Å². The second-order valence-electron chi connectivity index (χ2n) is 5.38. The van der Waals surface area contributed by atoms with E-state index in [1.807, 2.05) is 24.3 Å². The lowest BCUT2D eigenvalue weighted by molar-refractivity contribution is -0.137. The third kappa shape index (κ3) is 2.99. The Bertz CT molecular complexity index is 460. The van der Waals surface area contributed by atoms with E-state index in [2.05, 4.69) is 4.90 Å². The van der Waals surface area contributed by atoms with Crippen LogP contribution in [0.15, 0.2) is 24.3 Å². The highest BCUT2D eigenvalue weighted by molar-refractivity contribution is 6.30. The number of hydrogen-bond donors (Lipinski definition) is 0. The van der Waals surface area contributed by atoms with Crippen LogP contribution >= 0.6 is 11.6 Å². The van der Waals surface area contributed by atoms with Crippen molar-refractivity contribution >= 4 is 17.4 Å². The summed E-state index contributed by atoms with van der Waals surface area (Å²) < 4.78 is 5.73. The summed E-state index contributed by atoms with van der Waals surface area (Å²) in [6, 6.07) is 7.99. The second kappa shape index (κ2) is 5.61. The quantitative estimate of drug-likeness (QED) is 0.850. The van der Waals surface area contributed by atoms with Crippen molar-refractivity contribution in [1.29, 1.82) is 0 Å². The molecule has 2 aliphatic rings. The van der Waals surface area contributed by atoms with E-state index in [0.29, 0.717) is 24.1 Å². The van der Waals surface area contributed by atoms with E-state index >= 15 is 0 Å². The van der Waals surface area contributed by atoms with Crippen molar-refractivity contribution in [1.82, 2.24) is 4.90 Å². The van der Waals surface area contributed by atoms with E-state index in [9.17, 15) is 4.79 Å². The number of hydrogen-bond acceptors (Lipinski definition) is 3. The summed E-state index contributed by atoms with van der Waals surface area (Å²) >= 11 is 5.84. The van der Waals surface area contributed by atoms with Crippen LogP contribution in [0.4, 0.5) is 0 Å². The topological polar surface area (TPSA) is 29.5 Å². The van der Waals surface area contributed by atoms with Crippen LogP contribution in [0.25, 0.3) is 0 Å². The molecule has 3 nitrogen and oxygen atoms in total. The molecular weight excluding hydrogens is 262 g/mol. The van der Waals surface area contributed by atoms with Gasteiger partial charge in [-0.2, -0.15) is 0 Å². The summed E-state index contributed by atoms with van der Waals surface area (Å²) in [4.78, 5) is 14.7. The summed E-state index contributed by atoms with van der Waals surface area (Å²) in [5.74, 6) is 0.174. The molecule has 0 spiro atoms. The van der Waals surface area contributed by atoms with Gasteiger partial charge in [0.2, 0.25) is 0 Å². The molecule has 1 aromatic carbocycles. The molecule has 2 heterocycles. The third-order valence-electron chi connectivity index (χ3n) is 4.04. The van der Waals surface area contributed by atoms with Crippen LogP contribution in [0, 0.1) is 0 Å². The van der Waals surface area contributed by atoms with Gasteiger partial charge < -0.3 is 4.74 Å². The number of Topliss-reactive ketones (excluding diaryl/α,β-unsaturated/α-hetero) is 1. The summed E-state index contributed by atoms with van der Waals surface area (Å²) in [5, 5.41) is 0.699. The number of nitrogens with zero attached hydrogens (tertiary/aromatic N) is 1. The van der Waals surface area contributed by atoms with E-state index in [4.69, 9.17) is 16.3 Å². The highest BCUT2D eigenvalue weighted by atomic mass is 35.5. The monoisotopic (exact) mass is 279 g/mol. The van der Waals surface area contributed by atoms with Crippen molar-refractivity contribution in [2.45, 2.75) is 31.4 Å². The van der Waals surface area contributed by atoms with Crippen molar-refractivity contribution in [3.8, 4) is 0 Å². The molecule has 0 N–H and O–H groups in total. The normalized spacial score (nSPS) is 27.2. The number of ether oxygens (including phenoxy) is 1. The van der Waals surface area contributed by atoms with Gasteiger partial charge in [0.05, 0.1) is 6.61 Å². The molecule has 0 saturated carbocycles. The maximum atomic E-state index is 12.3. The zero-order valence-corrected chi connectivity index (χ0v) is 11.6. The van der Waals surface area contributed by atoms with Crippen molar-refractivity contribution in [2.75, 3.05) is 19.7 Å². The molecular formula is C15H18ClNO2.